The number of hydrogen-bond acceptors (Lipinski definition) is 2. The van der Waals surface area contributed by atoms with Crippen LogP contribution >= 0.6 is 15.9 Å². The second-order valence-electron chi connectivity index (χ2n) is 3.88. The summed E-state index contributed by atoms with van der Waals surface area (Å²) in [6.45, 7) is 3.54. The monoisotopic (exact) mass is 271 g/mol. The number of halogens is 1. The SMILES string of the molecule is Cc1[nH]ncc1C(=O)N1CCC(Br)CC1. The van der Waals surface area contributed by atoms with Gasteiger partial charge in [-0.1, -0.05) is 15.9 Å². The number of carbonyl (C=O) groups excluding carboxylic acids is 1. The minimum atomic E-state index is 0.0978. The molecule has 1 fully saturated rings. The smallest absolute Gasteiger partial charge is 0.257 e. The summed E-state index contributed by atoms with van der Waals surface area (Å²) in [5, 5.41) is 6.66. The number of H-pyrrole nitrogens is 1. The van der Waals surface area contributed by atoms with Crippen molar-refractivity contribution in [3.05, 3.63) is 17.5 Å². The number of nitrogens with zero attached hydrogens (tertiary/aromatic N) is 2. The molecule has 0 spiro atoms. The van der Waals surface area contributed by atoms with Gasteiger partial charge < -0.3 is 4.90 Å². The minimum absolute atomic E-state index is 0.0978. The van der Waals surface area contributed by atoms with E-state index in [9.17, 15) is 4.79 Å². The van der Waals surface area contributed by atoms with Crippen LogP contribution in [-0.4, -0.2) is 38.9 Å². The molecule has 82 valence electrons. The molecule has 0 atom stereocenters. The molecule has 0 aliphatic carbocycles. The maximum atomic E-state index is 12.0. The number of carbonyl (C=O) groups is 1. The van der Waals surface area contributed by atoms with Gasteiger partial charge >= 0.3 is 0 Å². The van der Waals surface area contributed by atoms with E-state index in [0.717, 1.165) is 31.6 Å². The average molecular weight is 272 g/mol. The lowest BCUT2D eigenvalue weighted by Gasteiger charge is -2.29. The fourth-order valence-corrected chi connectivity index (χ4v) is 2.20. The van der Waals surface area contributed by atoms with E-state index in [2.05, 4.69) is 26.1 Å². The summed E-state index contributed by atoms with van der Waals surface area (Å²) in [5.41, 5.74) is 1.55. The van der Waals surface area contributed by atoms with E-state index in [1.54, 1.807) is 6.20 Å². The third-order valence-electron chi connectivity index (χ3n) is 2.77. The van der Waals surface area contributed by atoms with Gasteiger partial charge in [-0.25, -0.2) is 0 Å². The molecular weight excluding hydrogens is 258 g/mol. The number of nitrogens with one attached hydrogen (secondary N) is 1. The van der Waals surface area contributed by atoms with E-state index in [-0.39, 0.29) is 5.91 Å². The molecule has 1 aromatic heterocycles. The van der Waals surface area contributed by atoms with Gasteiger partial charge in [0.1, 0.15) is 0 Å². The lowest BCUT2D eigenvalue weighted by molar-refractivity contribution is 0.0727. The summed E-state index contributed by atoms with van der Waals surface area (Å²) in [6.07, 6.45) is 3.67. The molecule has 0 saturated carbocycles. The highest BCUT2D eigenvalue weighted by Crippen LogP contribution is 2.19. The topological polar surface area (TPSA) is 49.0 Å². The number of piperidine rings is 1. The van der Waals surface area contributed by atoms with E-state index in [1.165, 1.54) is 0 Å². The number of amides is 1. The van der Waals surface area contributed by atoms with Crippen molar-refractivity contribution in [2.75, 3.05) is 13.1 Å². The summed E-state index contributed by atoms with van der Waals surface area (Å²) >= 11 is 3.57. The first-order chi connectivity index (χ1) is 7.18. The molecule has 15 heavy (non-hydrogen) atoms. The lowest BCUT2D eigenvalue weighted by atomic mass is 10.1. The van der Waals surface area contributed by atoms with Crippen molar-refractivity contribution in [1.29, 1.82) is 0 Å². The van der Waals surface area contributed by atoms with Crippen LogP contribution in [0.15, 0.2) is 6.20 Å². The summed E-state index contributed by atoms with van der Waals surface area (Å²) in [4.78, 5) is 14.5. The Morgan fingerprint density at radius 2 is 2.27 bits per heavy atom. The molecule has 2 rings (SSSR count). The zero-order chi connectivity index (χ0) is 10.8. The first kappa shape index (κ1) is 10.7. The first-order valence-corrected chi connectivity index (χ1v) is 6.03. The summed E-state index contributed by atoms with van der Waals surface area (Å²) in [6, 6.07) is 0. The van der Waals surface area contributed by atoms with Crippen molar-refractivity contribution in [2.24, 2.45) is 0 Å². The van der Waals surface area contributed by atoms with Crippen LogP contribution in [0.25, 0.3) is 0 Å². The Kier molecular flexibility index (Phi) is 3.09. The van der Waals surface area contributed by atoms with Crippen LogP contribution in [0.4, 0.5) is 0 Å². The predicted octanol–water partition coefficient (Wildman–Crippen LogP) is 1.72. The van der Waals surface area contributed by atoms with Crippen LogP contribution in [-0.2, 0) is 0 Å². The Balaban J connectivity index is 2.06. The van der Waals surface area contributed by atoms with E-state index in [4.69, 9.17) is 0 Å². The zero-order valence-electron chi connectivity index (χ0n) is 8.66. The van der Waals surface area contributed by atoms with Gasteiger partial charge in [0.05, 0.1) is 11.8 Å². The van der Waals surface area contributed by atoms with E-state index in [1.807, 2.05) is 11.8 Å². The maximum Gasteiger partial charge on any atom is 0.257 e. The Labute approximate surface area is 97.2 Å². The van der Waals surface area contributed by atoms with E-state index < -0.39 is 0 Å². The van der Waals surface area contributed by atoms with E-state index in [0.29, 0.717) is 10.4 Å². The van der Waals surface area contributed by atoms with Gasteiger partial charge in [0.2, 0.25) is 0 Å². The van der Waals surface area contributed by atoms with E-state index >= 15 is 0 Å². The lowest BCUT2D eigenvalue weighted by Crippen LogP contribution is -2.38. The van der Waals surface area contributed by atoms with Gasteiger partial charge in [0.25, 0.3) is 5.91 Å². The number of likely N-dealkylation sites (tertiary alicyclic amines) is 1. The average Bonchev–Trinajstić information content (AvgIpc) is 2.65. The second-order valence-corrected chi connectivity index (χ2v) is 5.17. The highest BCUT2D eigenvalue weighted by atomic mass is 79.9. The quantitative estimate of drug-likeness (QED) is 0.791. The van der Waals surface area contributed by atoms with Gasteiger partial charge in [-0.05, 0) is 19.8 Å². The third kappa shape index (κ3) is 2.22. The minimum Gasteiger partial charge on any atom is -0.338 e. The maximum absolute atomic E-state index is 12.0. The Hall–Kier alpha value is -0.840. The van der Waals surface area contributed by atoms with Crippen LogP contribution in [0.5, 0.6) is 0 Å². The number of alkyl halides is 1. The van der Waals surface area contributed by atoms with Crippen LogP contribution < -0.4 is 0 Å². The fraction of sp³-hybridized carbons (Fsp3) is 0.600. The Bertz CT molecular complexity index is 355. The zero-order valence-corrected chi connectivity index (χ0v) is 10.2. The molecule has 1 aliphatic heterocycles. The van der Waals surface area contributed by atoms with Crippen LogP contribution in [0.2, 0.25) is 0 Å². The molecule has 5 heteroatoms. The number of aromatic nitrogens is 2. The molecule has 1 amide bonds. The van der Waals surface area contributed by atoms with Crippen molar-refractivity contribution in [3.63, 3.8) is 0 Å². The van der Waals surface area contributed by atoms with Crippen molar-refractivity contribution >= 4 is 21.8 Å². The molecule has 1 N–H and O–H groups in total. The largest absolute Gasteiger partial charge is 0.338 e. The van der Waals surface area contributed by atoms with Crippen molar-refractivity contribution in [1.82, 2.24) is 15.1 Å². The Morgan fingerprint density at radius 3 is 2.80 bits per heavy atom. The second kappa shape index (κ2) is 4.35. The molecule has 4 nitrogen and oxygen atoms in total. The van der Waals surface area contributed by atoms with Gasteiger partial charge in [-0.15, -0.1) is 0 Å². The molecule has 2 heterocycles. The van der Waals surface area contributed by atoms with Gasteiger partial charge in [-0.2, -0.15) is 5.10 Å². The van der Waals surface area contributed by atoms with Gasteiger partial charge in [-0.3, -0.25) is 9.89 Å². The first-order valence-electron chi connectivity index (χ1n) is 5.12. The standard InChI is InChI=1S/C10H14BrN3O/c1-7-9(6-12-13-7)10(15)14-4-2-8(11)3-5-14/h6,8H,2-5H2,1H3,(H,12,13). The number of rotatable bonds is 1. The molecule has 0 aromatic carbocycles. The summed E-state index contributed by atoms with van der Waals surface area (Å²) in [5.74, 6) is 0.0978. The normalized spacial score (nSPS) is 18.1. The molecular formula is C10H14BrN3O. The number of hydrogen-bond donors (Lipinski definition) is 1. The van der Waals surface area contributed by atoms with Crippen LogP contribution in [0, 0.1) is 6.92 Å². The Morgan fingerprint density at radius 1 is 1.60 bits per heavy atom. The third-order valence-corrected chi connectivity index (χ3v) is 3.69. The van der Waals surface area contributed by atoms with Gasteiger partial charge in [0, 0.05) is 23.6 Å². The highest BCUT2D eigenvalue weighted by molar-refractivity contribution is 9.09. The molecule has 1 aromatic rings. The molecule has 0 unspecified atom stereocenters. The van der Waals surface area contributed by atoms with Crippen LogP contribution in [0.1, 0.15) is 28.9 Å². The highest BCUT2D eigenvalue weighted by Gasteiger charge is 2.23. The molecule has 1 saturated heterocycles. The molecule has 1 aliphatic rings. The number of aryl methyl sites for hydroxylation is 1. The summed E-state index contributed by atoms with van der Waals surface area (Å²) in [7, 11) is 0. The number of aromatic amines is 1. The molecule has 0 bridgehead atoms. The van der Waals surface area contributed by atoms with Crippen molar-refractivity contribution in [2.45, 2.75) is 24.6 Å². The van der Waals surface area contributed by atoms with Crippen LogP contribution in [0.3, 0.4) is 0 Å². The summed E-state index contributed by atoms with van der Waals surface area (Å²) < 4.78 is 0. The van der Waals surface area contributed by atoms with Crippen molar-refractivity contribution in [3.8, 4) is 0 Å². The van der Waals surface area contributed by atoms with Crippen molar-refractivity contribution < 1.29 is 4.79 Å². The fourth-order valence-electron chi connectivity index (χ4n) is 1.79. The van der Waals surface area contributed by atoms with Gasteiger partial charge in [0.15, 0.2) is 0 Å². The predicted molar refractivity (Wildman–Crippen MR) is 61.2 cm³/mol. The molecule has 0 radical (unpaired) electrons.